The number of amides is 3. The molecule has 14 nitrogen and oxygen atoms in total. The van der Waals surface area contributed by atoms with Crippen LogP contribution in [0.1, 0.15) is 76.6 Å². The van der Waals surface area contributed by atoms with Crippen LogP contribution < -0.4 is 16.0 Å². The second-order valence-electron chi connectivity index (χ2n) is 28.8. The Morgan fingerprint density at radius 1 is 0.205 bits per heavy atom. The quantitative estimate of drug-likeness (QED) is 0.0561. The Kier molecular flexibility index (Phi) is 18.0. The van der Waals surface area contributed by atoms with Gasteiger partial charge in [0.2, 0.25) is 0 Å². The van der Waals surface area contributed by atoms with Crippen LogP contribution in [0.15, 0.2) is 328 Å². The van der Waals surface area contributed by atoms with Crippen molar-refractivity contribution in [3.05, 3.63) is 390 Å². The van der Waals surface area contributed by atoms with E-state index in [-0.39, 0.29) is 16.8 Å². The van der Waals surface area contributed by atoms with Gasteiger partial charge in [-0.2, -0.15) is 0 Å². The highest BCUT2D eigenvalue weighted by Crippen LogP contribution is 2.44. The summed E-state index contributed by atoms with van der Waals surface area (Å²) in [6.07, 6.45) is 16.4. The fourth-order valence-corrected chi connectivity index (χ4v) is 16.2. The fraction of sp³-hybridized carbons (Fsp3) is 0. The Morgan fingerprint density at radius 3 is 0.684 bits per heavy atom. The van der Waals surface area contributed by atoms with Crippen LogP contribution in [0, 0.1) is 0 Å². The molecule has 0 atom stereocenters. The molecule has 3 amide bonds. The molecule has 4 aliphatic heterocycles. The van der Waals surface area contributed by atoms with Crippen LogP contribution in [-0.2, 0) is 0 Å². The lowest BCUT2D eigenvalue weighted by Crippen LogP contribution is -2.18. The van der Waals surface area contributed by atoms with E-state index in [9.17, 15) is 4.79 Å². The van der Waals surface area contributed by atoms with Crippen molar-refractivity contribution < 1.29 is 14.4 Å². The maximum absolute atomic E-state index is 15.8. The first-order chi connectivity index (χ1) is 57.7. The van der Waals surface area contributed by atoms with Gasteiger partial charge in [-0.15, -0.1) is 0 Å². The van der Waals surface area contributed by atoms with Gasteiger partial charge >= 0.3 is 0 Å². The summed E-state index contributed by atoms with van der Waals surface area (Å²) in [5, 5.41) is 9.62. The first-order valence-corrected chi connectivity index (χ1v) is 38.7. The molecule has 0 unspecified atom stereocenters. The van der Waals surface area contributed by atoms with E-state index in [1.54, 1.807) is 42.5 Å². The highest BCUT2D eigenvalue weighted by Gasteiger charge is 2.26. The molecule has 16 aromatic rings. The molecule has 14 heteroatoms. The third-order valence-corrected chi connectivity index (χ3v) is 21.5. The summed E-state index contributed by atoms with van der Waals surface area (Å²) in [5.74, 6) is -1.56. The number of H-pyrrole nitrogens is 4. The molecule has 16 bridgehead atoms. The molecule has 117 heavy (non-hydrogen) atoms. The Morgan fingerprint density at radius 2 is 0.419 bits per heavy atom. The Hall–Kier alpha value is -16.2. The standard InChI is InChI=1S/C103H69N11O3/c115-101(69-38-20-7-21-39-69)104-72-61-70(102(116)113-75-42-24-22-40-73(75)99-89-56-52-85(109-89)95(65-30-12-3-13-31-65)81-48-44-77(105-81)93(63-26-8-1-9-27-63)78-45-49-82(106-78)96(66-32-14-4-15-33-66)86-53-57-90(99)110-86)60-71(62-72)103(117)114-76-43-25-23-41-74(76)100-91-58-54-87(111-91)97(67-34-16-5-17-35-67)83-50-46-79(107-83)94(64-28-10-2-11-29-64)80-47-51-84(108-80)98(68-36-18-6-19-37-68)88-55-59-92(100)112-88/h1-62,105,107,110,112H,(H,104,115)(H,113,116)(H,114,117). The molecule has 0 saturated heterocycles. The number of rotatable bonds is 14. The van der Waals surface area contributed by atoms with Crippen LogP contribution in [0.2, 0.25) is 0 Å². The van der Waals surface area contributed by atoms with Crippen molar-refractivity contribution in [2.45, 2.75) is 0 Å². The van der Waals surface area contributed by atoms with Gasteiger partial charge in [0.05, 0.1) is 45.6 Å². The van der Waals surface area contributed by atoms with Gasteiger partial charge < -0.3 is 35.9 Å². The van der Waals surface area contributed by atoms with E-state index < -0.39 is 17.7 Å². The smallest absolute Gasteiger partial charge is 0.255 e. The topological polar surface area (TPSA) is 202 Å². The maximum Gasteiger partial charge on any atom is 0.255 e. The van der Waals surface area contributed by atoms with Gasteiger partial charge in [-0.05, 0) is 173 Å². The number of aromatic amines is 4. The van der Waals surface area contributed by atoms with Crippen LogP contribution in [0.5, 0.6) is 0 Å². The second-order valence-corrected chi connectivity index (χ2v) is 28.8. The van der Waals surface area contributed by atoms with Gasteiger partial charge in [-0.3, -0.25) is 14.4 Å². The van der Waals surface area contributed by atoms with Gasteiger partial charge in [0, 0.05) is 134 Å². The summed E-state index contributed by atoms with van der Waals surface area (Å²) >= 11 is 0. The molecule has 6 aromatic heterocycles. The Labute approximate surface area is 672 Å². The van der Waals surface area contributed by atoms with Crippen LogP contribution >= 0.6 is 0 Å². The molecule has 0 saturated carbocycles. The summed E-state index contributed by atoms with van der Waals surface area (Å²) in [6.45, 7) is 0. The summed E-state index contributed by atoms with van der Waals surface area (Å²) in [7, 11) is 0. The lowest BCUT2D eigenvalue weighted by atomic mass is 10.0. The average Bonchev–Trinajstić information content (AvgIpc) is 1.63. The summed E-state index contributed by atoms with van der Waals surface area (Å²) in [5.41, 5.74) is 27.9. The first-order valence-electron chi connectivity index (χ1n) is 38.7. The van der Waals surface area contributed by atoms with E-state index in [0.717, 1.165) is 123 Å². The maximum atomic E-state index is 15.8. The predicted molar refractivity (Wildman–Crippen MR) is 478 cm³/mol. The largest absolute Gasteiger partial charge is 0.354 e. The molecule has 7 N–H and O–H groups in total. The van der Waals surface area contributed by atoms with Crippen LogP contribution in [0.3, 0.4) is 0 Å². The number of carbonyl (C=O) groups excluding carboxylic acids is 3. The monoisotopic (exact) mass is 1510 g/mol. The zero-order chi connectivity index (χ0) is 78.3. The first kappa shape index (κ1) is 70.0. The number of nitrogens with one attached hydrogen (secondary N) is 7. The number of anilines is 3. The van der Waals surface area contributed by atoms with Gasteiger partial charge in [0.1, 0.15) is 0 Å². The van der Waals surface area contributed by atoms with Crippen molar-refractivity contribution in [3.8, 4) is 89.0 Å². The number of benzene rings is 10. The van der Waals surface area contributed by atoms with Crippen LogP contribution in [-0.4, -0.2) is 57.6 Å². The van der Waals surface area contributed by atoms with Crippen molar-refractivity contribution in [2.24, 2.45) is 0 Å². The van der Waals surface area contributed by atoms with E-state index in [2.05, 4.69) is 169 Å². The third-order valence-electron chi connectivity index (χ3n) is 21.5. The highest BCUT2D eigenvalue weighted by molar-refractivity contribution is 6.15. The van der Waals surface area contributed by atoms with Crippen molar-refractivity contribution in [3.63, 3.8) is 0 Å². The number of hydrogen-bond acceptors (Lipinski definition) is 7. The zero-order valence-electron chi connectivity index (χ0n) is 62.8. The third kappa shape index (κ3) is 13.5. The molecule has 0 fully saturated rings. The molecular formula is C103H69N11O3. The lowest BCUT2D eigenvalue weighted by molar-refractivity contribution is 0.101. The molecule has 10 heterocycles. The number of hydrogen-bond donors (Lipinski definition) is 7. The van der Waals surface area contributed by atoms with Gasteiger partial charge in [-0.1, -0.05) is 237 Å². The summed E-state index contributed by atoms with van der Waals surface area (Å²) in [6, 6.07) is 107. The van der Waals surface area contributed by atoms with E-state index in [1.165, 1.54) is 0 Å². The molecule has 0 radical (unpaired) electrons. The highest BCUT2D eigenvalue weighted by atomic mass is 16.2. The van der Waals surface area contributed by atoms with Crippen molar-refractivity contribution >= 4 is 128 Å². The number of aromatic nitrogens is 8. The fourth-order valence-electron chi connectivity index (χ4n) is 16.2. The summed E-state index contributed by atoms with van der Waals surface area (Å²) in [4.78, 5) is 83.3. The Balaban J connectivity index is 0.730. The molecule has 554 valence electrons. The van der Waals surface area contributed by atoms with Gasteiger partial charge in [0.25, 0.3) is 17.7 Å². The van der Waals surface area contributed by atoms with Gasteiger partial charge in [0.15, 0.2) is 0 Å². The average molecular weight is 1510 g/mol. The number of para-hydroxylation sites is 2. The van der Waals surface area contributed by atoms with E-state index >= 15 is 9.59 Å². The number of nitrogens with zero attached hydrogens (tertiary/aromatic N) is 4. The molecule has 20 rings (SSSR count). The van der Waals surface area contributed by atoms with Crippen molar-refractivity contribution in [2.75, 3.05) is 16.0 Å². The molecule has 10 aromatic carbocycles. The minimum atomic E-state index is -0.560. The minimum absolute atomic E-state index is 0.0850. The van der Waals surface area contributed by atoms with Crippen molar-refractivity contribution in [1.82, 2.24) is 39.9 Å². The molecular weight excluding hydrogens is 1440 g/mol. The van der Waals surface area contributed by atoms with E-state index in [1.807, 2.05) is 200 Å². The number of fused-ring (bicyclic) bond motifs is 16. The molecule has 0 spiro atoms. The normalized spacial score (nSPS) is 11.9. The van der Waals surface area contributed by atoms with Crippen LogP contribution in [0.4, 0.5) is 17.1 Å². The minimum Gasteiger partial charge on any atom is -0.354 e. The predicted octanol–water partition coefficient (Wildman–Crippen LogP) is 24.7. The van der Waals surface area contributed by atoms with Gasteiger partial charge in [-0.25, -0.2) is 19.9 Å². The lowest BCUT2D eigenvalue weighted by Gasteiger charge is -2.16. The summed E-state index contributed by atoms with van der Waals surface area (Å²) < 4.78 is 0. The van der Waals surface area contributed by atoms with E-state index in [0.29, 0.717) is 73.0 Å². The van der Waals surface area contributed by atoms with E-state index in [4.69, 9.17) is 19.9 Å². The number of carbonyl (C=O) groups is 3. The Bertz CT molecular complexity index is 6710. The molecule has 0 aliphatic carbocycles. The van der Waals surface area contributed by atoms with Crippen LogP contribution in [0.25, 0.3) is 182 Å². The van der Waals surface area contributed by atoms with Crippen molar-refractivity contribution in [1.29, 1.82) is 0 Å². The second kappa shape index (κ2) is 30.1. The SMILES string of the molecule is O=C(Nc1cc(C(=O)Nc2ccccc2-c2c3nc(c(-c4ccccc4)c4ccc([nH]4)c(-c4ccccc4)c4nc(c(-c5ccccc5)c5ccc2[nH]5)C=C4)C=C3)cc(C(=O)Nc2ccccc2-c2c3nc(c(-c4ccccc4)c4ccc([nH]4)c(-c4ccccc4)c4nc(c(-c5ccccc5)c5ccc2[nH]5)C=C4)C=C3)c1)c1ccccc1. The molecule has 4 aliphatic rings. The zero-order valence-corrected chi connectivity index (χ0v) is 62.8.